The van der Waals surface area contributed by atoms with E-state index in [4.69, 9.17) is 20.4 Å². The van der Waals surface area contributed by atoms with Crippen LogP contribution in [0.5, 0.6) is 0 Å². The maximum Gasteiger partial charge on any atom is 0.248 e. The van der Waals surface area contributed by atoms with Gasteiger partial charge in [-0.1, -0.05) is 23.7 Å². The molecule has 2 aromatic heterocycles. The molecule has 0 unspecified atom stereocenters. The SMILES string of the molecule is O=C(C=Cc1ccco1)Nc1ccc2oc(Cc3ccc(Cl)cc3)nc2c1. The molecule has 2 aromatic carbocycles. The molecule has 0 fully saturated rings. The third kappa shape index (κ3) is 4.27. The number of benzene rings is 2. The van der Waals surface area contributed by atoms with E-state index in [1.54, 1.807) is 42.7 Å². The van der Waals surface area contributed by atoms with Gasteiger partial charge in [-0.2, -0.15) is 0 Å². The van der Waals surface area contributed by atoms with E-state index in [9.17, 15) is 4.79 Å². The molecule has 0 saturated heterocycles. The number of anilines is 1. The fraction of sp³-hybridized carbons (Fsp3) is 0.0476. The van der Waals surface area contributed by atoms with Crippen LogP contribution in [-0.2, 0) is 11.2 Å². The number of hydrogen-bond donors (Lipinski definition) is 1. The summed E-state index contributed by atoms with van der Waals surface area (Å²) < 4.78 is 10.9. The molecule has 27 heavy (non-hydrogen) atoms. The Balaban J connectivity index is 1.47. The third-order valence-electron chi connectivity index (χ3n) is 3.91. The Hall–Kier alpha value is -3.31. The van der Waals surface area contributed by atoms with Gasteiger partial charge < -0.3 is 14.2 Å². The van der Waals surface area contributed by atoms with Gasteiger partial charge in [-0.25, -0.2) is 4.98 Å². The number of amides is 1. The van der Waals surface area contributed by atoms with Crippen molar-refractivity contribution < 1.29 is 13.6 Å². The Labute approximate surface area is 160 Å². The summed E-state index contributed by atoms with van der Waals surface area (Å²) in [5.41, 5.74) is 3.06. The average Bonchev–Trinajstić information content (AvgIpc) is 3.31. The molecule has 1 N–H and O–H groups in total. The first-order chi connectivity index (χ1) is 13.2. The van der Waals surface area contributed by atoms with E-state index in [1.165, 1.54) is 6.08 Å². The molecule has 4 aromatic rings. The highest BCUT2D eigenvalue weighted by Crippen LogP contribution is 2.22. The highest BCUT2D eigenvalue weighted by atomic mass is 35.5. The lowest BCUT2D eigenvalue weighted by Crippen LogP contribution is -2.07. The van der Waals surface area contributed by atoms with Crippen molar-refractivity contribution in [3.05, 3.63) is 89.2 Å². The lowest BCUT2D eigenvalue weighted by molar-refractivity contribution is -0.111. The molecule has 0 aliphatic rings. The van der Waals surface area contributed by atoms with E-state index in [0.29, 0.717) is 39.9 Å². The van der Waals surface area contributed by atoms with Crippen LogP contribution in [0.2, 0.25) is 5.02 Å². The number of carbonyl (C=O) groups excluding carboxylic acids is 1. The number of carbonyl (C=O) groups is 1. The fourth-order valence-electron chi connectivity index (χ4n) is 2.63. The minimum absolute atomic E-state index is 0.254. The van der Waals surface area contributed by atoms with Crippen molar-refractivity contribution in [2.24, 2.45) is 0 Å². The van der Waals surface area contributed by atoms with Gasteiger partial charge in [-0.15, -0.1) is 0 Å². The summed E-state index contributed by atoms with van der Waals surface area (Å²) in [5, 5.41) is 3.49. The Morgan fingerprint density at radius 1 is 1.15 bits per heavy atom. The molecular weight excluding hydrogens is 364 g/mol. The summed E-state index contributed by atoms with van der Waals surface area (Å²) in [5.74, 6) is 0.966. The Morgan fingerprint density at radius 2 is 2.00 bits per heavy atom. The van der Waals surface area contributed by atoms with Crippen molar-refractivity contribution in [3.63, 3.8) is 0 Å². The van der Waals surface area contributed by atoms with Crippen LogP contribution >= 0.6 is 11.6 Å². The second kappa shape index (κ2) is 7.51. The number of fused-ring (bicyclic) bond motifs is 1. The van der Waals surface area contributed by atoms with E-state index in [1.807, 2.05) is 24.3 Å². The van der Waals surface area contributed by atoms with Gasteiger partial charge in [0, 0.05) is 23.2 Å². The summed E-state index contributed by atoms with van der Waals surface area (Å²) in [6.45, 7) is 0. The maximum atomic E-state index is 12.0. The second-order valence-corrected chi connectivity index (χ2v) is 6.37. The van der Waals surface area contributed by atoms with E-state index < -0.39 is 0 Å². The molecule has 0 saturated carbocycles. The predicted octanol–water partition coefficient (Wildman–Crippen LogP) is 5.32. The fourth-order valence-corrected chi connectivity index (χ4v) is 2.76. The van der Waals surface area contributed by atoms with E-state index in [-0.39, 0.29) is 5.91 Å². The summed E-state index contributed by atoms with van der Waals surface area (Å²) in [7, 11) is 0. The first-order valence-electron chi connectivity index (χ1n) is 8.32. The van der Waals surface area contributed by atoms with Crippen LogP contribution in [0.15, 0.2) is 75.8 Å². The number of halogens is 1. The van der Waals surface area contributed by atoms with Gasteiger partial charge in [0.15, 0.2) is 11.5 Å². The summed E-state index contributed by atoms with van der Waals surface area (Å²) >= 11 is 5.91. The molecule has 2 heterocycles. The van der Waals surface area contributed by atoms with Crippen LogP contribution < -0.4 is 5.32 Å². The normalized spacial score (nSPS) is 11.3. The van der Waals surface area contributed by atoms with Gasteiger partial charge in [0.05, 0.1) is 6.26 Å². The highest BCUT2D eigenvalue weighted by Gasteiger charge is 2.08. The zero-order chi connectivity index (χ0) is 18.6. The first-order valence-corrected chi connectivity index (χ1v) is 8.70. The summed E-state index contributed by atoms with van der Waals surface area (Å²) in [6, 6.07) is 16.4. The van der Waals surface area contributed by atoms with Crippen molar-refractivity contribution in [1.29, 1.82) is 0 Å². The zero-order valence-corrected chi connectivity index (χ0v) is 14.9. The van der Waals surface area contributed by atoms with E-state index in [2.05, 4.69) is 10.3 Å². The highest BCUT2D eigenvalue weighted by molar-refractivity contribution is 6.30. The van der Waals surface area contributed by atoms with Crippen LogP contribution in [-0.4, -0.2) is 10.9 Å². The average molecular weight is 379 g/mol. The number of rotatable bonds is 5. The van der Waals surface area contributed by atoms with E-state index in [0.717, 1.165) is 5.56 Å². The summed E-state index contributed by atoms with van der Waals surface area (Å²) in [4.78, 5) is 16.5. The van der Waals surface area contributed by atoms with Gasteiger partial charge in [0.25, 0.3) is 0 Å². The standard InChI is InChI=1S/C21H15ClN2O3/c22-15-5-3-14(4-6-15)12-21-24-18-13-16(7-9-19(18)27-21)23-20(25)10-8-17-2-1-11-26-17/h1-11,13H,12H2,(H,23,25). The van der Waals surface area contributed by atoms with Gasteiger partial charge in [0.1, 0.15) is 11.3 Å². The summed E-state index contributed by atoms with van der Waals surface area (Å²) in [6.07, 6.45) is 5.14. The number of nitrogens with one attached hydrogen (secondary N) is 1. The Morgan fingerprint density at radius 3 is 2.78 bits per heavy atom. The van der Waals surface area contributed by atoms with Gasteiger partial charge in [-0.05, 0) is 54.1 Å². The maximum absolute atomic E-state index is 12.0. The van der Waals surface area contributed by atoms with Crippen LogP contribution in [0.25, 0.3) is 17.2 Å². The Bertz CT molecular complexity index is 1100. The minimum Gasteiger partial charge on any atom is -0.465 e. The minimum atomic E-state index is -0.254. The molecule has 5 nitrogen and oxygen atoms in total. The van der Waals surface area contributed by atoms with Gasteiger partial charge in [0.2, 0.25) is 5.91 Å². The van der Waals surface area contributed by atoms with Crippen molar-refractivity contribution in [2.45, 2.75) is 6.42 Å². The first kappa shape index (κ1) is 17.1. The monoisotopic (exact) mass is 378 g/mol. The van der Waals surface area contributed by atoms with Gasteiger partial charge in [-0.3, -0.25) is 4.79 Å². The molecule has 0 spiro atoms. The predicted molar refractivity (Wildman–Crippen MR) is 105 cm³/mol. The lowest BCUT2D eigenvalue weighted by atomic mass is 10.1. The van der Waals surface area contributed by atoms with Crippen LogP contribution in [0, 0.1) is 0 Å². The molecule has 134 valence electrons. The van der Waals surface area contributed by atoms with Crippen LogP contribution in [0.4, 0.5) is 5.69 Å². The molecule has 0 atom stereocenters. The molecule has 6 heteroatoms. The van der Waals surface area contributed by atoms with Crippen LogP contribution in [0.3, 0.4) is 0 Å². The molecule has 0 aliphatic heterocycles. The molecular formula is C21H15ClN2O3. The molecule has 4 rings (SSSR count). The molecule has 0 bridgehead atoms. The van der Waals surface area contributed by atoms with E-state index >= 15 is 0 Å². The largest absolute Gasteiger partial charge is 0.465 e. The number of nitrogens with zero attached hydrogens (tertiary/aromatic N) is 1. The van der Waals surface area contributed by atoms with Crippen LogP contribution in [0.1, 0.15) is 17.2 Å². The lowest BCUT2D eigenvalue weighted by Gasteiger charge is -2.00. The Kier molecular flexibility index (Phi) is 4.77. The second-order valence-electron chi connectivity index (χ2n) is 5.93. The van der Waals surface area contributed by atoms with Crippen molar-refractivity contribution >= 4 is 40.4 Å². The van der Waals surface area contributed by atoms with Crippen molar-refractivity contribution in [3.8, 4) is 0 Å². The number of furan rings is 1. The number of oxazole rings is 1. The molecule has 0 radical (unpaired) electrons. The topological polar surface area (TPSA) is 68.3 Å². The zero-order valence-electron chi connectivity index (χ0n) is 14.2. The van der Waals surface area contributed by atoms with Gasteiger partial charge >= 0.3 is 0 Å². The molecule has 1 amide bonds. The third-order valence-corrected chi connectivity index (χ3v) is 4.16. The van der Waals surface area contributed by atoms with Crippen molar-refractivity contribution in [1.82, 2.24) is 4.98 Å². The molecule has 0 aliphatic carbocycles. The number of hydrogen-bond acceptors (Lipinski definition) is 4. The van der Waals surface area contributed by atoms with Crippen molar-refractivity contribution in [2.75, 3.05) is 5.32 Å². The smallest absolute Gasteiger partial charge is 0.248 e. The quantitative estimate of drug-likeness (QED) is 0.477. The number of aromatic nitrogens is 1.